The van der Waals surface area contributed by atoms with E-state index in [1.165, 1.54) is 18.2 Å². The van der Waals surface area contributed by atoms with E-state index >= 15 is 0 Å². The van der Waals surface area contributed by atoms with Gasteiger partial charge in [-0.1, -0.05) is 19.9 Å². The van der Waals surface area contributed by atoms with E-state index in [0.717, 1.165) is 11.5 Å². The molecule has 0 saturated carbocycles. The Kier molecular flexibility index (Phi) is 4.73. The van der Waals surface area contributed by atoms with Crippen LogP contribution >= 0.6 is 11.5 Å². The maximum atomic E-state index is 12.1. The van der Waals surface area contributed by atoms with Crippen molar-refractivity contribution in [2.45, 2.75) is 26.4 Å². The highest BCUT2D eigenvalue weighted by molar-refractivity contribution is 7.09. The highest BCUT2D eigenvalue weighted by Crippen LogP contribution is 2.18. The fourth-order valence-electron chi connectivity index (χ4n) is 1.38. The molecule has 6 nitrogen and oxygen atoms in total. The minimum absolute atomic E-state index is 0.0468. The molecule has 0 spiro atoms. The van der Waals surface area contributed by atoms with Crippen molar-refractivity contribution < 1.29 is 18.3 Å². The molecule has 2 aromatic rings. The van der Waals surface area contributed by atoms with Gasteiger partial charge in [0.2, 0.25) is 11.0 Å². The lowest BCUT2D eigenvalue weighted by atomic mass is 10.2. The minimum Gasteiger partial charge on any atom is -0.417 e. The van der Waals surface area contributed by atoms with E-state index in [-0.39, 0.29) is 17.5 Å². The molecular weight excluding hydrogens is 302 g/mol. The smallest absolute Gasteiger partial charge is 0.388 e. The summed E-state index contributed by atoms with van der Waals surface area (Å²) in [5.41, 5.74) is -0.0468. The molecule has 0 saturated heterocycles. The molecule has 0 aliphatic carbocycles. The first kappa shape index (κ1) is 15.2. The van der Waals surface area contributed by atoms with Crippen LogP contribution in [0.3, 0.4) is 0 Å². The number of nitrogens with zero attached hydrogens (tertiary/aromatic N) is 3. The normalized spacial score (nSPS) is 11.0. The quantitative estimate of drug-likeness (QED) is 0.918. The molecule has 2 rings (SSSR count). The van der Waals surface area contributed by atoms with E-state index < -0.39 is 12.5 Å². The van der Waals surface area contributed by atoms with Crippen LogP contribution in [0, 0.1) is 0 Å². The second-order valence-corrected chi connectivity index (χ2v) is 5.06. The molecule has 0 atom stereocenters. The molecule has 21 heavy (non-hydrogen) atoms. The van der Waals surface area contributed by atoms with Crippen molar-refractivity contribution in [1.29, 1.82) is 0 Å². The van der Waals surface area contributed by atoms with Crippen LogP contribution in [0.1, 0.15) is 36.1 Å². The van der Waals surface area contributed by atoms with Crippen LogP contribution in [-0.2, 0) is 0 Å². The second-order valence-electron chi connectivity index (χ2n) is 4.31. The second kappa shape index (κ2) is 6.53. The summed E-state index contributed by atoms with van der Waals surface area (Å²) in [5, 5.41) is 2.84. The Morgan fingerprint density at radius 1 is 1.33 bits per heavy atom. The summed E-state index contributed by atoms with van der Waals surface area (Å²) in [7, 11) is 0. The van der Waals surface area contributed by atoms with Crippen molar-refractivity contribution in [3.8, 4) is 5.88 Å². The van der Waals surface area contributed by atoms with E-state index in [2.05, 4.69) is 24.4 Å². The first-order valence-electron chi connectivity index (χ1n) is 6.02. The number of alkyl halides is 2. The van der Waals surface area contributed by atoms with Crippen LogP contribution in [0.4, 0.5) is 13.9 Å². The topological polar surface area (TPSA) is 77.0 Å². The van der Waals surface area contributed by atoms with Crippen molar-refractivity contribution >= 4 is 22.6 Å². The zero-order valence-corrected chi connectivity index (χ0v) is 12.0. The summed E-state index contributed by atoms with van der Waals surface area (Å²) in [5.74, 6) is -0.121. The largest absolute Gasteiger partial charge is 0.417 e. The number of anilines is 1. The third-order valence-electron chi connectivity index (χ3n) is 2.34. The average Bonchev–Trinajstić information content (AvgIpc) is 2.87. The molecular formula is C12H12F2N4O2S. The number of amides is 1. The van der Waals surface area contributed by atoms with Gasteiger partial charge in [0, 0.05) is 23.5 Å². The van der Waals surface area contributed by atoms with Gasteiger partial charge in [-0.2, -0.15) is 13.2 Å². The van der Waals surface area contributed by atoms with Crippen molar-refractivity contribution in [2.75, 3.05) is 5.32 Å². The number of hydrogen-bond acceptors (Lipinski definition) is 6. The Morgan fingerprint density at radius 2 is 2.10 bits per heavy atom. The van der Waals surface area contributed by atoms with Crippen LogP contribution in [-0.4, -0.2) is 26.9 Å². The molecule has 112 valence electrons. The number of carbonyl (C=O) groups excluding carboxylic acids is 1. The summed E-state index contributed by atoms with van der Waals surface area (Å²) in [6.45, 7) is 0.869. The number of hydrogen-bond donors (Lipinski definition) is 1. The highest BCUT2D eigenvalue weighted by Gasteiger charge is 2.14. The molecule has 9 heteroatoms. The summed E-state index contributed by atoms with van der Waals surface area (Å²) in [6, 6.07) is 4.03. The molecule has 1 N–H and O–H groups in total. The summed E-state index contributed by atoms with van der Waals surface area (Å²) in [6.07, 6.45) is 0. The first-order valence-corrected chi connectivity index (χ1v) is 6.80. The molecule has 0 fully saturated rings. The number of nitrogens with one attached hydrogen (secondary N) is 1. The van der Waals surface area contributed by atoms with Crippen molar-refractivity contribution in [3.63, 3.8) is 0 Å². The summed E-state index contributed by atoms with van der Waals surface area (Å²) >= 11 is 1.04. The van der Waals surface area contributed by atoms with Gasteiger partial charge in [-0.15, -0.1) is 0 Å². The van der Waals surface area contributed by atoms with Gasteiger partial charge >= 0.3 is 6.61 Å². The van der Waals surface area contributed by atoms with E-state index in [4.69, 9.17) is 0 Å². The summed E-state index contributed by atoms with van der Waals surface area (Å²) in [4.78, 5) is 19.8. The van der Waals surface area contributed by atoms with Gasteiger partial charge in [0.1, 0.15) is 11.5 Å². The van der Waals surface area contributed by atoms with E-state index in [1.54, 1.807) is 0 Å². The third kappa shape index (κ3) is 4.15. The van der Waals surface area contributed by atoms with Crippen LogP contribution in [0.5, 0.6) is 5.88 Å². The molecule has 0 aliphatic heterocycles. The van der Waals surface area contributed by atoms with Crippen LogP contribution in [0.15, 0.2) is 18.2 Å². The molecule has 0 aliphatic rings. The van der Waals surface area contributed by atoms with Gasteiger partial charge in [0.05, 0.1) is 0 Å². The zero-order valence-electron chi connectivity index (χ0n) is 11.2. The predicted molar refractivity (Wildman–Crippen MR) is 72.8 cm³/mol. The van der Waals surface area contributed by atoms with Crippen molar-refractivity contribution in [2.24, 2.45) is 0 Å². The Labute approximate surface area is 123 Å². The standard InChI is InChI=1S/C12H12F2N4O2S/c1-6(2)9-16-12(21-18-9)17-10(19)7-4-3-5-8(15-7)20-11(13)14/h3-6,11H,1-2H3,(H,16,17,18,19). The molecule has 0 bridgehead atoms. The number of pyridine rings is 1. The molecule has 0 aromatic carbocycles. The van der Waals surface area contributed by atoms with E-state index in [0.29, 0.717) is 11.0 Å². The van der Waals surface area contributed by atoms with Crippen molar-refractivity contribution in [1.82, 2.24) is 14.3 Å². The van der Waals surface area contributed by atoms with Crippen molar-refractivity contribution in [3.05, 3.63) is 29.7 Å². The van der Waals surface area contributed by atoms with Gasteiger partial charge in [-0.05, 0) is 6.07 Å². The molecule has 1 amide bonds. The highest BCUT2D eigenvalue weighted by atomic mass is 32.1. The van der Waals surface area contributed by atoms with E-state index in [1.807, 2.05) is 13.8 Å². The predicted octanol–water partition coefficient (Wildman–Crippen LogP) is 2.91. The molecule has 2 aromatic heterocycles. The summed E-state index contributed by atoms with van der Waals surface area (Å²) < 4.78 is 32.4. The van der Waals surface area contributed by atoms with Gasteiger partial charge in [-0.3, -0.25) is 10.1 Å². The van der Waals surface area contributed by atoms with Gasteiger partial charge in [0.25, 0.3) is 5.91 Å². The minimum atomic E-state index is -2.99. The number of ether oxygens (including phenoxy) is 1. The first-order chi connectivity index (χ1) is 9.95. The van der Waals surface area contributed by atoms with Crippen LogP contribution in [0.2, 0.25) is 0 Å². The molecule has 0 unspecified atom stereocenters. The Bertz CT molecular complexity index is 633. The lowest BCUT2D eigenvalue weighted by Gasteiger charge is -2.05. The monoisotopic (exact) mass is 314 g/mol. The maximum Gasteiger partial charge on any atom is 0.388 e. The van der Waals surface area contributed by atoms with Crippen LogP contribution in [0.25, 0.3) is 0 Å². The Hall–Kier alpha value is -2.16. The number of halogens is 2. The van der Waals surface area contributed by atoms with Gasteiger partial charge in [0.15, 0.2) is 0 Å². The van der Waals surface area contributed by atoms with Gasteiger partial charge in [-0.25, -0.2) is 9.97 Å². The van der Waals surface area contributed by atoms with E-state index in [9.17, 15) is 13.6 Å². The molecule has 0 radical (unpaired) electrons. The number of rotatable bonds is 5. The Balaban J connectivity index is 2.08. The number of carbonyl (C=O) groups is 1. The fourth-order valence-corrected chi connectivity index (χ4v) is 2.08. The third-order valence-corrected chi connectivity index (χ3v) is 2.99. The maximum absolute atomic E-state index is 12.1. The zero-order chi connectivity index (χ0) is 15.4. The van der Waals surface area contributed by atoms with Crippen LogP contribution < -0.4 is 10.1 Å². The lowest BCUT2D eigenvalue weighted by molar-refractivity contribution is -0.0529. The fraction of sp³-hybridized carbons (Fsp3) is 0.333. The molecule has 2 heterocycles. The number of aromatic nitrogens is 3. The van der Waals surface area contributed by atoms with Gasteiger partial charge < -0.3 is 4.74 Å². The Morgan fingerprint density at radius 3 is 2.71 bits per heavy atom. The average molecular weight is 314 g/mol. The lowest BCUT2D eigenvalue weighted by Crippen LogP contribution is -2.14. The SMILES string of the molecule is CC(C)c1nsc(NC(=O)c2cccc(OC(F)F)n2)n1.